The van der Waals surface area contributed by atoms with Crippen molar-refractivity contribution in [1.29, 1.82) is 0 Å². The molecule has 2 rings (SSSR count). The summed E-state index contributed by atoms with van der Waals surface area (Å²) in [7, 11) is 0. The fraction of sp³-hybridized carbons (Fsp3) is 0.600. The van der Waals surface area contributed by atoms with Gasteiger partial charge in [0.05, 0.1) is 17.4 Å². The van der Waals surface area contributed by atoms with Gasteiger partial charge < -0.3 is 4.90 Å². The molecule has 0 bridgehead atoms. The molecular weight excluding hydrogens is 233 g/mol. The van der Waals surface area contributed by atoms with Gasteiger partial charge in [-0.05, 0) is 18.8 Å². The number of hydrogen-bond acceptors (Lipinski definition) is 3. The van der Waals surface area contributed by atoms with E-state index in [0.29, 0.717) is 16.8 Å². The summed E-state index contributed by atoms with van der Waals surface area (Å²) in [5.41, 5.74) is 0. The van der Waals surface area contributed by atoms with E-state index in [4.69, 9.17) is 23.2 Å². The van der Waals surface area contributed by atoms with E-state index in [0.717, 1.165) is 25.5 Å². The zero-order valence-electron chi connectivity index (χ0n) is 8.37. The Morgan fingerprint density at radius 1 is 1.40 bits per heavy atom. The molecule has 15 heavy (non-hydrogen) atoms. The standard InChI is InChI=1S/C10H13Cl2N3/c11-4-8-2-1-3-15(7-8)10-13-5-9(12)6-14-10/h5-6,8H,1-4,7H2. The van der Waals surface area contributed by atoms with Crippen LogP contribution in [0.2, 0.25) is 5.02 Å². The largest absolute Gasteiger partial charge is 0.341 e. The smallest absolute Gasteiger partial charge is 0.225 e. The maximum atomic E-state index is 5.87. The van der Waals surface area contributed by atoms with Crippen molar-refractivity contribution in [3.8, 4) is 0 Å². The number of aromatic nitrogens is 2. The number of halogens is 2. The van der Waals surface area contributed by atoms with Gasteiger partial charge in [0.1, 0.15) is 0 Å². The first kappa shape index (κ1) is 11.0. The van der Waals surface area contributed by atoms with E-state index in [1.807, 2.05) is 0 Å². The number of rotatable bonds is 2. The molecule has 0 aromatic carbocycles. The van der Waals surface area contributed by atoms with E-state index < -0.39 is 0 Å². The molecule has 5 heteroatoms. The molecule has 1 aromatic rings. The van der Waals surface area contributed by atoms with Crippen LogP contribution in [0.15, 0.2) is 12.4 Å². The third-order valence-corrected chi connectivity index (χ3v) is 3.26. The van der Waals surface area contributed by atoms with Gasteiger partial charge in [0.25, 0.3) is 0 Å². The highest BCUT2D eigenvalue weighted by molar-refractivity contribution is 6.30. The Hall–Kier alpha value is -0.540. The molecule has 1 aliphatic rings. The van der Waals surface area contributed by atoms with Crippen LogP contribution in [0.25, 0.3) is 0 Å². The molecule has 1 saturated heterocycles. The minimum atomic E-state index is 0.555. The zero-order chi connectivity index (χ0) is 10.7. The number of piperidine rings is 1. The van der Waals surface area contributed by atoms with Gasteiger partial charge in [0, 0.05) is 19.0 Å². The summed E-state index contributed by atoms with van der Waals surface area (Å²) < 4.78 is 0. The Kier molecular flexibility index (Phi) is 3.65. The van der Waals surface area contributed by atoms with Crippen LogP contribution in [0.4, 0.5) is 5.95 Å². The Morgan fingerprint density at radius 2 is 2.13 bits per heavy atom. The van der Waals surface area contributed by atoms with E-state index in [2.05, 4.69) is 14.9 Å². The summed E-state index contributed by atoms with van der Waals surface area (Å²) in [6.07, 6.45) is 5.62. The van der Waals surface area contributed by atoms with E-state index >= 15 is 0 Å². The molecular formula is C10H13Cl2N3. The molecule has 1 aromatic heterocycles. The van der Waals surface area contributed by atoms with Crippen molar-refractivity contribution >= 4 is 29.2 Å². The van der Waals surface area contributed by atoms with Crippen molar-refractivity contribution in [2.24, 2.45) is 5.92 Å². The van der Waals surface area contributed by atoms with Gasteiger partial charge in [-0.3, -0.25) is 0 Å². The van der Waals surface area contributed by atoms with Crippen molar-refractivity contribution in [2.75, 3.05) is 23.9 Å². The summed E-state index contributed by atoms with van der Waals surface area (Å²) in [5.74, 6) is 2.03. The van der Waals surface area contributed by atoms with Gasteiger partial charge in [0.15, 0.2) is 0 Å². The Morgan fingerprint density at radius 3 is 2.80 bits per heavy atom. The van der Waals surface area contributed by atoms with Crippen molar-refractivity contribution < 1.29 is 0 Å². The second-order valence-corrected chi connectivity index (χ2v) is 4.55. The predicted molar refractivity (Wildman–Crippen MR) is 62.7 cm³/mol. The van der Waals surface area contributed by atoms with E-state index in [1.54, 1.807) is 12.4 Å². The quantitative estimate of drug-likeness (QED) is 0.751. The molecule has 1 fully saturated rings. The lowest BCUT2D eigenvalue weighted by molar-refractivity contribution is 0.446. The van der Waals surface area contributed by atoms with Gasteiger partial charge in [-0.2, -0.15) is 0 Å². The third kappa shape index (κ3) is 2.73. The lowest BCUT2D eigenvalue weighted by atomic mass is 10.0. The van der Waals surface area contributed by atoms with Crippen LogP contribution in [0.3, 0.4) is 0 Å². The van der Waals surface area contributed by atoms with Gasteiger partial charge in [0.2, 0.25) is 5.95 Å². The lowest BCUT2D eigenvalue weighted by Gasteiger charge is -2.31. The van der Waals surface area contributed by atoms with Crippen molar-refractivity contribution in [2.45, 2.75) is 12.8 Å². The van der Waals surface area contributed by atoms with Crippen LogP contribution in [-0.4, -0.2) is 28.9 Å². The van der Waals surface area contributed by atoms with Gasteiger partial charge in [-0.1, -0.05) is 11.6 Å². The average Bonchev–Trinajstić information content (AvgIpc) is 2.30. The minimum Gasteiger partial charge on any atom is -0.341 e. The first-order valence-electron chi connectivity index (χ1n) is 5.08. The van der Waals surface area contributed by atoms with E-state index in [-0.39, 0.29) is 0 Å². The molecule has 0 aliphatic carbocycles. The molecule has 2 heterocycles. The molecule has 82 valence electrons. The topological polar surface area (TPSA) is 29.0 Å². The van der Waals surface area contributed by atoms with Crippen LogP contribution in [0.5, 0.6) is 0 Å². The molecule has 3 nitrogen and oxygen atoms in total. The Bertz CT molecular complexity index is 315. The molecule has 0 saturated carbocycles. The van der Waals surface area contributed by atoms with Crippen molar-refractivity contribution in [1.82, 2.24) is 9.97 Å². The van der Waals surface area contributed by atoms with Crippen LogP contribution in [0.1, 0.15) is 12.8 Å². The highest BCUT2D eigenvalue weighted by Crippen LogP contribution is 2.21. The second kappa shape index (κ2) is 4.99. The van der Waals surface area contributed by atoms with Crippen molar-refractivity contribution in [3.05, 3.63) is 17.4 Å². The molecule has 1 unspecified atom stereocenters. The summed E-state index contributed by atoms with van der Waals surface area (Å²) in [5, 5.41) is 0.574. The van der Waals surface area contributed by atoms with Gasteiger partial charge in [-0.25, -0.2) is 9.97 Å². The fourth-order valence-corrected chi connectivity index (χ4v) is 2.19. The Balaban J connectivity index is 2.06. The number of nitrogens with zero attached hydrogens (tertiary/aromatic N) is 3. The molecule has 0 amide bonds. The highest BCUT2D eigenvalue weighted by atomic mass is 35.5. The van der Waals surface area contributed by atoms with Crippen LogP contribution < -0.4 is 4.90 Å². The SMILES string of the molecule is ClCC1CCCN(c2ncc(Cl)cn2)C1. The first-order valence-corrected chi connectivity index (χ1v) is 5.99. The number of hydrogen-bond donors (Lipinski definition) is 0. The molecule has 1 aliphatic heterocycles. The summed E-state index contributed by atoms with van der Waals surface area (Å²) >= 11 is 11.6. The summed E-state index contributed by atoms with van der Waals surface area (Å²) in [6, 6.07) is 0. The normalized spacial score (nSPS) is 21.7. The van der Waals surface area contributed by atoms with E-state index in [9.17, 15) is 0 Å². The van der Waals surface area contributed by atoms with Crippen molar-refractivity contribution in [3.63, 3.8) is 0 Å². The summed E-state index contributed by atoms with van der Waals surface area (Å²) in [4.78, 5) is 10.6. The highest BCUT2D eigenvalue weighted by Gasteiger charge is 2.20. The molecule has 1 atom stereocenters. The van der Waals surface area contributed by atoms with Gasteiger partial charge in [-0.15, -0.1) is 11.6 Å². The zero-order valence-corrected chi connectivity index (χ0v) is 9.88. The number of alkyl halides is 1. The minimum absolute atomic E-state index is 0.555. The first-order chi connectivity index (χ1) is 7.29. The lowest BCUT2D eigenvalue weighted by Crippen LogP contribution is -2.37. The second-order valence-electron chi connectivity index (χ2n) is 3.81. The molecule has 0 spiro atoms. The van der Waals surface area contributed by atoms with Gasteiger partial charge >= 0.3 is 0 Å². The summed E-state index contributed by atoms with van der Waals surface area (Å²) in [6.45, 7) is 1.96. The van der Waals surface area contributed by atoms with Crippen LogP contribution >= 0.6 is 23.2 Å². The average molecular weight is 246 g/mol. The predicted octanol–water partition coefficient (Wildman–Crippen LogP) is 2.59. The van der Waals surface area contributed by atoms with Crippen LogP contribution in [-0.2, 0) is 0 Å². The van der Waals surface area contributed by atoms with E-state index in [1.165, 1.54) is 6.42 Å². The number of anilines is 1. The fourth-order valence-electron chi connectivity index (χ4n) is 1.84. The Labute approximate surface area is 99.4 Å². The van der Waals surface area contributed by atoms with Crippen LogP contribution in [0, 0.1) is 5.92 Å². The third-order valence-electron chi connectivity index (χ3n) is 2.63. The maximum Gasteiger partial charge on any atom is 0.225 e. The molecule has 0 radical (unpaired) electrons. The molecule has 0 N–H and O–H groups in total. The monoisotopic (exact) mass is 245 g/mol. The maximum absolute atomic E-state index is 5.87.